The van der Waals surface area contributed by atoms with Crippen LogP contribution in [0.1, 0.15) is 6.42 Å². The molecule has 0 aromatic carbocycles. The second-order valence-electron chi connectivity index (χ2n) is 3.58. The summed E-state index contributed by atoms with van der Waals surface area (Å²) in [5.74, 6) is -0.212. The summed E-state index contributed by atoms with van der Waals surface area (Å²) in [5.41, 5.74) is 5.48. The van der Waals surface area contributed by atoms with Gasteiger partial charge in [0.25, 0.3) is 0 Å². The number of likely N-dealkylation sites (tertiary alicyclic amines) is 1. The summed E-state index contributed by atoms with van der Waals surface area (Å²) in [7, 11) is 0. The van der Waals surface area contributed by atoms with Crippen LogP contribution >= 0.6 is 0 Å². The number of carboxylic acids is 1. The molecule has 2 aliphatic heterocycles. The number of hydrazine groups is 1. The molecule has 82 valence electrons. The number of rotatable bonds is 2. The Balaban J connectivity index is 2.04. The molecule has 1 fully saturated rings. The van der Waals surface area contributed by atoms with Crippen LogP contribution in [0.5, 0.6) is 0 Å². The Morgan fingerprint density at radius 2 is 2.27 bits per heavy atom. The average Bonchev–Trinajstić information content (AvgIpc) is 2.65. The van der Waals surface area contributed by atoms with E-state index in [4.69, 9.17) is 5.11 Å². The lowest BCUT2D eigenvalue weighted by atomic mass is 10.3. The van der Waals surface area contributed by atoms with Crippen molar-refractivity contribution in [2.45, 2.75) is 12.5 Å². The van der Waals surface area contributed by atoms with Gasteiger partial charge in [0.05, 0.1) is 6.10 Å². The van der Waals surface area contributed by atoms with Gasteiger partial charge in [-0.15, -0.1) is 0 Å². The first-order valence-corrected chi connectivity index (χ1v) is 4.77. The summed E-state index contributed by atoms with van der Waals surface area (Å²) in [5, 5.41) is 18.0. The molecule has 1 atom stereocenters. The Morgan fingerprint density at radius 3 is 2.73 bits per heavy atom. The lowest BCUT2D eigenvalue weighted by Crippen LogP contribution is -2.42. The van der Waals surface area contributed by atoms with Gasteiger partial charge in [0.2, 0.25) is 0 Å². The number of hydrogen-bond acceptors (Lipinski definition) is 5. The van der Waals surface area contributed by atoms with E-state index < -0.39 is 5.97 Å². The van der Waals surface area contributed by atoms with Gasteiger partial charge in [-0.3, -0.25) is 10.9 Å². The fraction of sp³-hybridized carbons (Fsp3) is 0.444. The van der Waals surface area contributed by atoms with Crippen LogP contribution in [-0.4, -0.2) is 40.3 Å². The highest BCUT2D eigenvalue weighted by Crippen LogP contribution is 2.14. The SMILES string of the molecule is O=C(O)C1=CC=C(N2CC[C@H](O)C2)NN1. The molecule has 2 rings (SSSR count). The highest BCUT2D eigenvalue weighted by molar-refractivity contribution is 5.86. The first-order valence-electron chi connectivity index (χ1n) is 4.77. The summed E-state index contributed by atoms with van der Waals surface area (Å²) in [6, 6.07) is 0. The zero-order valence-electron chi connectivity index (χ0n) is 8.10. The molecule has 2 heterocycles. The Hall–Kier alpha value is -1.69. The Bertz CT molecular complexity index is 337. The number of allylic oxidation sites excluding steroid dienone is 2. The van der Waals surface area contributed by atoms with Crippen LogP contribution in [0.2, 0.25) is 0 Å². The van der Waals surface area contributed by atoms with Crippen LogP contribution < -0.4 is 10.9 Å². The third kappa shape index (κ3) is 2.04. The van der Waals surface area contributed by atoms with Crippen molar-refractivity contribution in [3.63, 3.8) is 0 Å². The zero-order chi connectivity index (χ0) is 10.8. The molecule has 15 heavy (non-hydrogen) atoms. The van der Waals surface area contributed by atoms with E-state index in [2.05, 4.69) is 10.9 Å². The summed E-state index contributed by atoms with van der Waals surface area (Å²) in [6.07, 6.45) is 3.64. The van der Waals surface area contributed by atoms with Crippen LogP contribution in [-0.2, 0) is 4.79 Å². The van der Waals surface area contributed by atoms with Crippen LogP contribution in [0.3, 0.4) is 0 Å². The molecule has 0 saturated carbocycles. The Kier molecular flexibility index (Phi) is 2.51. The fourth-order valence-corrected chi connectivity index (χ4v) is 1.65. The van der Waals surface area contributed by atoms with Crippen molar-refractivity contribution in [1.82, 2.24) is 15.8 Å². The standard InChI is InChI=1S/C9H13N3O3/c13-6-3-4-12(5-6)8-2-1-7(9(14)15)10-11-8/h1-2,6,10-11,13H,3-5H2,(H,14,15)/t6-/m0/s1. The van der Waals surface area contributed by atoms with E-state index in [0.717, 1.165) is 18.8 Å². The summed E-state index contributed by atoms with van der Waals surface area (Å²) in [4.78, 5) is 12.5. The van der Waals surface area contributed by atoms with Crippen molar-refractivity contribution in [1.29, 1.82) is 0 Å². The normalized spacial score (nSPS) is 25.1. The van der Waals surface area contributed by atoms with Gasteiger partial charge in [-0.05, 0) is 18.6 Å². The number of β-amino-alcohol motifs (C(OH)–C–C–N with tert-alkyl or cyclic N) is 1. The quantitative estimate of drug-likeness (QED) is 0.467. The van der Waals surface area contributed by atoms with E-state index in [1.54, 1.807) is 6.08 Å². The molecule has 0 radical (unpaired) electrons. The van der Waals surface area contributed by atoms with E-state index in [1.807, 2.05) is 4.90 Å². The number of aliphatic hydroxyl groups excluding tert-OH is 1. The molecule has 6 heteroatoms. The molecule has 2 aliphatic rings. The highest BCUT2D eigenvalue weighted by Gasteiger charge is 2.23. The van der Waals surface area contributed by atoms with Crippen LogP contribution in [0.15, 0.2) is 23.7 Å². The smallest absolute Gasteiger partial charge is 0.353 e. The maximum Gasteiger partial charge on any atom is 0.353 e. The maximum absolute atomic E-state index is 10.6. The Labute approximate surface area is 86.8 Å². The predicted molar refractivity (Wildman–Crippen MR) is 52.3 cm³/mol. The lowest BCUT2D eigenvalue weighted by Gasteiger charge is -2.25. The van der Waals surface area contributed by atoms with E-state index >= 15 is 0 Å². The molecule has 6 nitrogen and oxygen atoms in total. The van der Waals surface area contributed by atoms with Crippen molar-refractivity contribution in [3.8, 4) is 0 Å². The van der Waals surface area contributed by atoms with E-state index in [1.165, 1.54) is 6.08 Å². The van der Waals surface area contributed by atoms with Gasteiger partial charge in [-0.25, -0.2) is 4.79 Å². The summed E-state index contributed by atoms with van der Waals surface area (Å²) in [6.45, 7) is 1.36. The molecular weight excluding hydrogens is 198 g/mol. The number of carboxylic acid groups (broad SMARTS) is 1. The first-order chi connectivity index (χ1) is 7.16. The number of aliphatic hydroxyl groups is 1. The van der Waals surface area contributed by atoms with E-state index in [-0.39, 0.29) is 11.8 Å². The van der Waals surface area contributed by atoms with Gasteiger partial charge in [-0.2, -0.15) is 0 Å². The number of nitrogens with zero attached hydrogens (tertiary/aromatic N) is 1. The van der Waals surface area contributed by atoms with Gasteiger partial charge >= 0.3 is 5.97 Å². The second kappa shape index (κ2) is 3.82. The Morgan fingerprint density at radius 1 is 1.47 bits per heavy atom. The van der Waals surface area contributed by atoms with E-state index in [9.17, 15) is 9.90 Å². The minimum absolute atomic E-state index is 0.110. The van der Waals surface area contributed by atoms with Crippen molar-refractivity contribution >= 4 is 5.97 Å². The third-order valence-corrected chi connectivity index (χ3v) is 2.47. The van der Waals surface area contributed by atoms with Crippen molar-refractivity contribution in [2.75, 3.05) is 13.1 Å². The number of carbonyl (C=O) groups is 1. The van der Waals surface area contributed by atoms with Crippen molar-refractivity contribution < 1.29 is 15.0 Å². The molecule has 0 aliphatic carbocycles. The zero-order valence-corrected chi connectivity index (χ0v) is 8.10. The number of nitrogens with one attached hydrogen (secondary N) is 2. The largest absolute Gasteiger partial charge is 0.477 e. The molecule has 4 N–H and O–H groups in total. The van der Waals surface area contributed by atoms with Gasteiger partial charge in [0.1, 0.15) is 11.5 Å². The molecule has 1 saturated heterocycles. The summed E-state index contributed by atoms with van der Waals surface area (Å²) >= 11 is 0. The maximum atomic E-state index is 10.6. The van der Waals surface area contributed by atoms with Crippen LogP contribution in [0.25, 0.3) is 0 Å². The summed E-state index contributed by atoms with van der Waals surface area (Å²) < 4.78 is 0. The molecule has 0 aromatic rings. The number of aliphatic carboxylic acids is 1. The monoisotopic (exact) mass is 211 g/mol. The molecule has 0 spiro atoms. The fourth-order valence-electron chi connectivity index (χ4n) is 1.65. The molecule has 0 bridgehead atoms. The van der Waals surface area contributed by atoms with E-state index in [0.29, 0.717) is 6.54 Å². The van der Waals surface area contributed by atoms with Gasteiger partial charge in [-0.1, -0.05) is 0 Å². The lowest BCUT2D eigenvalue weighted by molar-refractivity contribution is -0.133. The average molecular weight is 211 g/mol. The predicted octanol–water partition coefficient (Wildman–Crippen LogP) is -1.03. The van der Waals surface area contributed by atoms with Crippen LogP contribution in [0, 0.1) is 0 Å². The minimum Gasteiger partial charge on any atom is -0.477 e. The topological polar surface area (TPSA) is 84.8 Å². The molecular formula is C9H13N3O3. The third-order valence-electron chi connectivity index (χ3n) is 2.47. The van der Waals surface area contributed by atoms with Gasteiger partial charge in [0, 0.05) is 13.1 Å². The minimum atomic E-state index is -1.00. The second-order valence-corrected chi connectivity index (χ2v) is 3.58. The van der Waals surface area contributed by atoms with Crippen molar-refractivity contribution in [2.24, 2.45) is 0 Å². The molecule has 0 unspecified atom stereocenters. The molecule has 0 amide bonds. The number of hydrogen-bond donors (Lipinski definition) is 4. The first kappa shape index (κ1) is 9.85. The molecule has 0 aromatic heterocycles. The van der Waals surface area contributed by atoms with Crippen molar-refractivity contribution in [3.05, 3.63) is 23.7 Å². The van der Waals surface area contributed by atoms with Crippen LogP contribution in [0.4, 0.5) is 0 Å². The highest BCUT2D eigenvalue weighted by atomic mass is 16.4. The van der Waals surface area contributed by atoms with Gasteiger partial charge < -0.3 is 15.1 Å². The van der Waals surface area contributed by atoms with Gasteiger partial charge in [0.15, 0.2) is 0 Å².